The fraction of sp³-hybridized carbons (Fsp3) is 0.273. The van der Waals surface area contributed by atoms with E-state index in [1.54, 1.807) is 12.1 Å². The molecule has 2 rings (SSSR count). The topological polar surface area (TPSA) is 73.7 Å². The SMILES string of the molecule is N=C(SC(=N)C1CC1)c1cccc(N)c1. The van der Waals surface area contributed by atoms with Crippen LogP contribution in [-0.2, 0) is 0 Å². The van der Waals surface area contributed by atoms with Crippen molar-refractivity contribution in [3.8, 4) is 0 Å². The fourth-order valence-corrected chi connectivity index (χ4v) is 2.14. The number of nitrogens with two attached hydrogens (primary N) is 1. The molecule has 0 aliphatic heterocycles. The van der Waals surface area contributed by atoms with Crippen molar-refractivity contribution in [2.75, 3.05) is 5.73 Å². The normalized spacial score (nSPS) is 14.9. The lowest BCUT2D eigenvalue weighted by Gasteiger charge is -2.04. The van der Waals surface area contributed by atoms with Crippen LogP contribution in [0.15, 0.2) is 24.3 Å². The van der Waals surface area contributed by atoms with Crippen LogP contribution in [-0.4, -0.2) is 10.1 Å². The first-order valence-electron chi connectivity index (χ1n) is 4.87. The molecule has 0 amide bonds. The number of anilines is 1. The van der Waals surface area contributed by atoms with E-state index >= 15 is 0 Å². The van der Waals surface area contributed by atoms with E-state index < -0.39 is 0 Å². The first-order chi connectivity index (χ1) is 7.16. The summed E-state index contributed by atoms with van der Waals surface area (Å²) < 4.78 is 0. The van der Waals surface area contributed by atoms with Gasteiger partial charge in [-0.25, -0.2) is 0 Å². The lowest BCUT2D eigenvalue weighted by atomic mass is 10.2. The summed E-state index contributed by atoms with van der Waals surface area (Å²) in [4.78, 5) is 0. The maximum Gasteiger partial charge on any atom is 0.100 e. The molecule has 78 valence electrons. The smallest absolute Gasteiger partial charge is 0.100 e. The Kier molecular flexibility index (Phi) is 2.77. The summed E-state index contributed by atoms with van der Waals surface area (Å²) in [5.74, 6) is 0.413. The van der Waals surface area contributed by atoms with Crippen LogP contribution in [0.25, 0.3) is 0 Å². The molecule has 0 aromatic heterocycles. The Balaban J connectivity index is 2.03. The Morgan fingerprint density at radius 3 is 2.67 bits per heavy atom. The number of nitrogen functional groups attached to an aromatic ring is 1. The summed E-state index contributed by atoms with van der Waals surface area (Å²) in [5.41, 5.74) is 7.10. The van der Waals surface area contributed by atoms with Crippen LogP contribution >= 0.6 is 11.8 Å². The van der Waals surface area contributed by atoms with E-state index in [9.17, 15) is 0 Å². The van der Waals surface area contributed by atoms with Crippen LogP contribution in [0.1, 0.15) is 18.4 Å². The van der Waals surface area contributed by atoms with Crippen molar-refractivity contribution in [2.45, 2.75) is 12.8 Å². The minimum absolute atomic E-state index is 0.413. The summed E-state index contributed by atoms with van der Waals surface area (Å²) in [6.45, 7) is 0. The lowest BCUT2D eigenvalue weighted by Crippen LogP contribution is -2.01. The minimum Gasteiger partial charge on any atom is -0.399 e. The van der Waals surface area contributed by atoms with Gasteiger partial charge in [0.25, 0.3) is 0 Å². The molecule has 1 aliphatic rings. The zero-order valence-corrected chi connectivity index (χ0v) is 9.10. The number of thioether (sulfide) groups is 1. The Hall–Kier alpha value is -1.29. The van der Waals surface area contributed by atoms with E-state index in [0.29, 0.717) is 21.7 Å². The zero-order valence-electron chi connectivity index (χ0n) is 8.29. The summed E-state index contributed by atoms with van der Waals surface area (Å²) in [6.07, 6.45) is 2.21. The van der Waals surface area contributed by atoms with E-state index in [0.717, 1.165) is 18.4 Å². The van der Waals surface area contributed by atoms with Crippen molar-refractivity contribution >= 4 is 27.5 Å². The maximum absolute atomic E-state index is 7.84. The molecule has 0 radical (unpaired) electrons. The predicted octanol–water partition coefficient (Wildman–Crippen LogP) is 2.71. The fourth-order valence-electron chi connectivity index (χ4n) is 1.28. The number of nitrogens with one attached hydrogen (secondary N) is 2. The second-order valence-electron chi connectivity index (χ2n) is 3.70. The van der Waals surface area contributed by atoms with E-state index in [1.807, 2.05) is 12.1 Å². The first kappa shape index (κ1) is 10.2. The van der Waals surface area contributed by atoms with Crippen molar-refractivity contribution in [1.82, 2.24) is 0 Å². The molecule has 0 saturated heterocycles. The van der Waals surface area contributed by atoms with Crippen molar-refractivity contribution in [3.05, 3.63) is 29.8 Å². The summed E-state index contributed by atoms with van der Waals surface area (Å²) in [6, 6.07) is 7.26. The number of benzene rings is 1. The van der Waals surface area contributed by atoms with Crippen LogP contribution < -0.4 is 5.73 Å². The van der Waals surface area contributed by atoms with Crippen LogP contribution in [0, 0.1) is 16.7 Å². The van der Waals surface area contributed by atoms with Crippen LogP contribution in [0.2, 0.25) is 0 Å². The molecule has 15 heavy (non-hydrogen) atoms. The molecule has 4 heteroatoms. The van der Waals surface area contributed by atoms with Gasteiger partial charge in [0, 0.05) is 17.2 Å². The second kappa shape index (κ2) is 4.06. The third-order valence-electron chi connectivity index (χ3n) is 2.31. The number of hydrogen-bond acceptors (Lipinski definition) is 4. The number of rotatable bonds is 2. The molecule has 1 saturated carbocycles. The van der Waals surface area contributed by atoms with Crippen molar-refractivity contribution < 1.29 is 0 Å². The number of hydrogen-bond donors (Lipinski definition) is 3. The van der Waals surface area contributed by atoms with Gasteiger partial charge in [-0.3, -0.25) is 10.8 Å². The van der Waals surface area contributed by atoms with Gasteiger partial charge < -0.3 is 5.73 Å². The van der Waals surface area contributed by atoms with Gasteiger partial charge in [0.15, 0.2) is 0 Å². The monoisotopic (exact) mass is 219 g/mol. The quantitative estimate of drug-likeness (QED) is 0.406. The average Bonchev–Trinajstić information content (AvgIpc) is 3.00. The molecule has 0 heterocycles. The minimum atomic E-state index is 0.413. The summed E-state index contributed by atoms with van der Waals surface area (Å²) in [5, 5.41) is 16.6. The van der Waals surface area contributed by atoms with Gasteiger partial charge in [-0.05, 0) is 25.0 Å². The van der Waals surface area contributed by atoms with Crippen LogP contribution in [0.5, 0.6) is 0 Å². The van der Waals surface area contributed by atoms with Crippen molar-refractivity contribution in [3.63, 3.8) is 0 Å². The highest BCUT2D eigenvalue weighted by molar-refractivity contribution is 8.26. The largest absolute Gasteiger partial charge is 0.399 e. The standard InChI is InChI=1S/C11H13N3S/c12-9-3-1-2-8(6-9)11(14)15-10(13)7-4-5-7/h1-3,6-7,13-14H,4-5,12H2. The predicted molar refractivity (Wildman–Crippen MR) is 65.7 cm³/mol. The van der Waals surface area contributed by atoms with Gasteiger partial charge in [0.05, 0.1) is 5.04 Å². The molecule has 0 bridgehead atoms. The van der Waals surface area contributed by atoms with Gasteiger partial charge >= 0.3 is 0 Å². The second-order valence-corrected chi connectivity index (χ2v) is 4.75. The van der Waals surface area contributed by atoms with Crippen molar-refractivity contribution in [2.24, 2.45) is 5.92 Å². The molecule has 1 fully saturated rings. The van der Waals surface area contributed by atoms with Gasteiger partial charge in [-0.1, -0.05) is 23.9 Å². The Morgan fingerprint density at radius 1 is 1.33 bits per heavy atom. The third kappa shape index (κ3) is 2.59. The van der Waals surface area contributed by atoms with E-state index in [2.05, 4.69) is 0 Å². The summed E-state index contributed by atoms with van der Waals surface area (Å²) in [7, 11) is 0. The van der Waals surface area contributed by atoms with Gasteiger partial charge in [-0.15, -0.1) is 0 Å². The lowest BCUT2D eigenvalue weighted by molar-refractivity contribution is 1.20. The van der Waals surface area contributed by atoms with Gasteiger partial charge in [0.1, 0.15) is 5.04 Å². The molecular formula is C11H13N3S. The molecule has 0 atom stereocenters. The maximum atomic E-state index is 7.84. The molecule has 0 spiro atoms. The van der Waals surface area contributed by atoms with E-state index in [4.69, 9.17) is 16.6 Å². The van der Waals surface area contributed by atoms with Crippen LogP contribution in [0.3, 0.4) is 0 Å². The molecule has 1 aromatic rings. The summed E-state index contributed by atoms with van der Waals surface area (Å²) >= 11 is 1.24. The van der Waals surface area contributed by atoms with E-state index in [-0.39, 0.29) is 0 Å². The van der Waals surface area contributed by atoms with Crippen LogP contribution in [0.4, 0.5) is 5.69 Å². The Labute approximate surface area is 93.1 Å². The zero-order chi connectivity index (χ0) is 10.8. The average molecular weight is 219 g/mol. The highest BCUT2D eigenvalue weighted by atomic mass is 32.2. The Bertz CT molecular complexity index is 410. The van der Waals surface area contributed by atoms with E-state index in [1.165, 1.54) is 11.8 Å². The van der Waals surface area contributed by atoms with Gasteiger partial charge in [-0.2, -0.15) is 0 Å². The first-order valence-corrected chi connectivity index (χ1v) is 5.69. The highest BCUT2D eigenvalue weighted by Crippen LogP contribution is 2.35. The molecule has 1 aromatic carbocycles. The Morgan fingerprint density at radius 2 is 2.07 bits per heavy atom. The van der Waals surface area contributed by atoms with Crippen molar-refractivity contribution in [1.29, 1.82) is 10.8 Å². The molecule has 0 unspecified atom stereocenters. The van der Waals surface area contributed by atoms with Gasteiger partial charge in [0.2, 0.25) is 0 Å². The molecule has 4 N–H and O–H groups in total. The molecule has 1 aliphatic carbocycles. The highest BCUT2D eigenvalue weighted by Gasteiger charge is 2.27. The molecular weight excluding hydrogens is 206 g/mol. The third-order valence-corrected chi connectivity index (χ3v) is 3.30. The molecule has 3 nitrogen and oxygen atoms in total.